The predicted molar refractivity (Wildman–Crippen MR) is 131 cm³/mol. The zero-order chi connectivity index (χ0) is 24.2. The summed E-state index contributed by atoms with van der Waals surface area (Å²) < 4.78 is 19.1. The summed E-state index contributed by atoms with van der Waals surface area (Å²) in [7, 11) is 0. The summed E-state index contributed by atoms with van der Waals surface area (Å²) in [6.07, 6.45) is 1.59. The molecule has 5 nitrogen and oxygen atoms in total. The molecule has 0 aromatic heterocycles. The average molecular weight is 466 g/mol. The van der Waals surface area contributed by atoms with Crippen molar-refractivity contribution in [3.05, 3.63) is 69.0 Å². The number of rotatable bonds is 5. The standard InChI is InChI=1S/C28H36FN3O2/c1-17-18(2)20(4)24(21(5)19(17)3)14-31-12-10-28(11-13-31)27(33)32(16-30-28)26(25-15-34-25)22-6-8-23(29)9-7-22/h6-9,25-26,30H,10-16H2,1-5H3/t25-,26?/m0/s1. The molecule has 3 aliphatic rings. The molecule has 1 amide bonds. The number of carbonyl (C=O) groups excluding carboxylic acids is 1. The van der Waals surface area contributed by atoms with E-state index in [-0.39, 0.29) is 23.9 Å². The minimum Gasteiger partial charge on any atom is -0.371 e. The maximum absolute atomic E-state index is 13.7. The third-order valence-electron chi connectivity index (χ3n) is 8.76. The van der Waals surface area contributed by atoms with Crippen LogP contribution in [0.3, 0.4) is 0 Å². The normalized spacial score (nSPS) is 23.1. The molecule has 0 aliphatic carbocycles. The third kappa shape index (κ3) is 3.96. The maximum Gasteiger partial charge on any atom is 0.244 e. The molecular weight excluding hydrogens is 429 g/mol. The molecule has 3 heterocycles. The number of nitrogens with zero attached hydrogens (tertiary/aromatic N) is 2. The number of nitrogens with one attached hydrogen (secondary N) is 1. The van der Waals surface area contributed by atoms with E-state index >= 15 is 0 Å². The first-order chi connectivity index (χ1) is 16.2. The Bertz CT molecular complexity index is 1070. The van der Waals surface area contributed by atoms with Crippen molar-refractivity contribution in [1.82, 2.24) is 15.1 Å². The van der Waals surface area contributed by atoms with Gasteiger partial charge in [-0.1, -0.05) is 12.1 Å². The Kier molecular flexibility index (Phi) is 6.03. The Morgan fingerprint density at radius 1 is 1.00 bits per heavy atom. The van der Waals surface area contributed by atoms with Crippen LogP contribution in [-0.4, -0.2) is 53.7 Å². The summed E-state index contributed by atoms with van der Waals surface area (Å²) in [5.74, 6) is -0.107. The van der Waals surface area contributed by atoms with E-state index in [4.69, 9.17) is 4.74 Å². The topological polar surface area (TPSA) is 48.1 Å². The Morgan fingerprint density at radius 3 is 2.12 bits per heavy atom. The van der Waals surface area contributed by atoms with Gasteiger partial charge in [0.1, 0.15) is 17.5 Å². The number of hydrogen-bond donors (Lipinski definition) is 1. The highest BCUT2D eigenvalue weighted by atomic mass is 19.1. The SMILES string of the molecule is Cc1c(C)c(C)c(CN2CCC3(CC2)NCN(C(c2ccc(F)cc2)[C@@H]2CO2)C3=O)c(C)c1C. The van der Waals surface area contributed by atoms with Gasteiger partial charge in [0.25, 0.3) is 0 Å². The van der Waals surface area contributed by atoms with Crippen LogP contribution in [0.2, 0.25) is 0 Å². The Hall–Kier alpha value is -2.28. The van der Waals surface area contributed by atoms with Gasteiger partial charge in [-0.15, -0.1) is 0 Å². The lowest BCUT2D eigenvalue weighted by Crippen LogP contribution is -2.54. The molecular formula is C28H36FN3O2. The second-order valence-corrected chi connectivity index (χ2v) is 10.4. The number of likely N-dealkylation sites (tertiary alicyclic amines) is 1. The summed E-state index contributed by atoms with van der Waals surface area (Å²) in [6, 6.07) is 6.32. The van der Waals surface area contributed by atoms with Crippen LogP contribution in [0, 0.1) is 40.4 Å². The molecule has 0 radical (unpaired) electrons. The van der Waals surface area contributed by atoms with Gasteiger partial charge in [0.2, 0.25) is 5.91 Å². The van der Waals surface area contributed by atoms with E-state index in [1.807, 2.05) is 4.90 Å². The highest BCUT2D eigenvalue weighted by molar-refractivity contribution is 5.89. The number of halogens is 1. The van der Waals surface area contributed by atoms with E-state index in [0.29, 0.717) is 13.3 Å². The van der Waals surface area contributed by atoms with Crippen molar-refractivity contribution in [2.75, 3.05) is 26.4 Å². The summed E-state index contributed by atoms with van der Waals surface area (Å²) >= 11 is 0. The van der Waals surface area contributed by atoms with E-state index in [1.165, 1.54) is 45.5 Å². The molecule has 2 aromatic rings. The molecule has 34 heavy (non-hydrogen) atoms. The van der Waals surface area contributed by atoms with Gasteiger partial charge in [-0.2, -0.15) is 0 Å². The molecule has 3 fully saturated rings. The van der Waals surface area contributed by atoms with Crippen molar-refractivity contribution in [3.63, 3.8) is 0 Å². The van der Waals surface area contributed by atoms with Gasteiger partial charge in [0.15, 0.2) is 0 Å². The van der Waals surface area contributed by atoms with Crippen molar-refractivity contribution in [2.45, 2.75) is 71.7 Å². The van der Waals surface area contributed by atoms with Crippen LogP contribution in [0.15, 0.2) is 24.3 Å². The number of ether oxygens (including phenoxy) is 1. The van der Waals surface area contributed by atoms with Crippen LogP contribution in [0.1, 0.15) is 57.8 Å². The lowest BCUT2D eigenvalue weighted by atomic mass is 9.85. The van der Waals surface area contributed by atoms with Gasteiger partial charge in [-0.3, -0.25) is 15.0 Å². The van der Waals surface area contributed by atoms with E-state index in [2.05, 4.69) is 44.8 Å². The maximum atomic E-state index is 13.7. The Balaban J connectivity index is 1.29. The second-order valence-electron chi connectivity index (χ2n) is 10.4. The number of epoxide rings is 1. The largest absolute Gasteiger partial charge is 0.371 e. The van der Waals surface area contributed by atoms with E-state index in [9.17, 15) is 9.18 Å². The molecule has 182 valence electrons. The van der Waals surface area contributed by atoms with E-state index in [0.717, 1.165) is 38.0 Å². The second kappa shape index (κ2) is 8.74. The smallest absolute Gasteiger partial charge is 0.244 e. The van der Waals surface area contributed by atoms with Gasteiger partial charge >= 0.3 is 0 Å². The quantitative estimate of drug-likeness (QED) is 0.672. The molecule has 1 unspecified atom stereocenters. The highest BCUT2D eigenvalue weighted by Gasteiger charge is 2.52. The molecule has 1 spiro atoms. The molecule has 0 saturated carbocycles. The van der Waals surface area contributed by atoms with Crippen LogP contribution < -0.4 is 5.32 Å². The molecule has 1 N–H and O–H groups in total. The summed E-state index contributed by atoms with van der Waals surface area (Å²) in [6.45, 7) is 15.0. The number of amides is 1. The monoisotopic (exact) mass is 465 g/mol. The minimum absolute atomic E-state index is 0.00887. The summed E-state index contributed by atoms with van der Waals surface area (Å²) in [5.41, 5.74) is 8.84. The number of piperidine rings is 1. The Labute approximate surface area is 202 Å². The van der Waals surface area contributed by atoms with Crippen molar-refractivity contribution in [2.24, 2.45) is 0 Å². The molecule has 2 atom stereocenters. The molecule has 3 aliphatic heterocycles. The molecule has 3 saturated heterocycles. The molecule has 2 aromatic carbocycles. The molecule has 0 bridgehead atoms. The molecule has 6 heteroatoms. The highest BCUT2D eigenvalue weighted by Crippen LogP contribution is 2.39. The van der Waals surface area contributed by atoms with E-state index < -0.39 is 5.54 Å². The van der Waals surface area contributed by atoms with Crippen LogP contribution >= 0.6 is 0 Å². The van der Waals surface area contributed by atoms with Crippen molar-refractivity contribution in [1.29, 1.82) is 0 Å². The third-order valence-corrected chi connectivity index (χ3v) is 8.76. The zero-order valence-corrected chi connectivity index (χ0v) is 21.0. The number of carbonyl (C=O) groups is 1. The first kappa shape index (κ1) is 23.5. The van der Waals surface area contributed by atoms with Crippen molar-refractivity contribution >= 4 is 5.91 Å². The Morgan fingerprint density at radius 2 is 1.56 bits per heavy atom. The predicted octanol–water partition coefficient (Wildman–Crippen LogP) is 4.23. The first-order valence-corrected chi connectivity index (χ1v) is 12.4. The summed E-state index contributed by atoms with van der Waals surface area (Å²) in [5, 5.41) is 3.57. The van der Waals surface area contributed by atoms with Gasteiger partial charge in [-0.25, -0.2) is 4.39 Å². The number of benzene rings is 2. The van der Waals surface area contributed by atoms with Gasteiger partial charge in [0.05, 0.1) is 19.3 Å². The lowest BCUT2D eigenvalue weighted by molar-refractivity contribution is -0.136. The van der Waals surface area contributed by atoms with Crippen LogP contribution in [0.4, 0.5) is 4.39 Å². The van der Waals surface area contributed by atoms with Gasteiger partial charge < -0.3 is 9.64 Å². The minimum atomic E-state index is -0.507. The summed E-state index contributed by atoms with van der Waals surface area (Å²) in [4.78, 5) is 18.1. The fourth-order valence-corrected chi connectivity index (χ4v) is 5.90. The number of hydrogen-bond acceptors (Lipinski definition) is 4. The van der Waals surface area contributed by atoms with E-state index in [1.54, 1.807) is 12.1 Å². The zero-order valence-electron chi connectivity index (χ0n) is 21.0. The first-order valence-electron chi connectivity index (χ1n) is 12.4. The van der Waals surface area contributed by atoms with Crippen LogP contribution in [0.25, 0.3) is 0 Å². The van der Waals surface area contributed by atoms with Crippen molar-refractivity contribution < 1.29 is 13.9 Å². The van der Waals surface area contributed by atoms with Gasteiger partial charge in [0, 0.05) is 19.6 Å². The fourth-order valence-electron chi connectivity index (χ4n) is 5.90. The average Bonchev–Trinajstić information content (AvgIpc) is 3.63. The van der Waals surface area contributed by atoms with Crippen LogP contribution in [0.5, 0.6) is 0 Å². The fraction of sp³-hybridized carbons (Fsp3) is 0.536. The van der Waals surface area contributed by atoms with Crippen molar-refractivity contribution in [3.8, 4) is 0 Å². The lowest BCUT2D eigenvalue weighted by Gasteiger charge is -2.39. The van der Waals surface area contributed by atoms with Crippen LogP contribution in [-0.2, 0) is 16.1 Å². The molecule has 5 rings (SSSR count). The van der Waals surface area contributed by atoms with Gasteiger partial charge in [-0.05, 0) is 98.5 Å².